The second kappa shape index (κ2) is 9.98. The minimum Gasteiger partial charge on any atom is -0.497 e. The number of methoxy groups -OCH3 is 2. The number of fused-ring (bicyclic) bond motifs is 1. The molecule has 1 amide bonds. The van der Waals surface area contributed by atoms with Crippen LogP contribution in [0, 0.1) is 0 Å². The number of ether oxygens (including phenoxy) is 2. The van der Waals surface area contributed by atoms with Gasteiger partial charge in [-0.05, 0) is 42.0 Å². The summed E-state index contributed by atoms with van der Waals surface area (Å²) in [6.07, 6.45) is 1.81. The fraction of sp³-hybridized carbons (Fsp3) is 0.214. The number of pyridine rings is 1. The van der Waals surface area contributed by atoms with Crippen molar-refractivity contribution < 1.29 is 14.3 Å². The molecule has 1 saturated heterocycles. The van der Waals surface area contributed by atoms with Crippen LogP contribution in [-0.4, -0.2) is 64.1 Å². The number of amides is 1. The van der Waals surface area contributed by atoms with E-state index in [9.17, 15) is 4.79 Å². The highest BCUT2D eigenvalue weighted by molar-refractivity contribution is 6.03. The zero-order valence-electron chi connectivity index (χ0n) is 21.1. The maximum absolute atomic E-state index is 13.0. The number of rotatable bonds is 8. The predicted molar refractivity (Wildman–Crippen MR) is 145 cm³/mol. The molecule has 0 spiro atoms. The first-order chi connectivity index (χ1) is 18.6. The number of aromatic amines is 1. The van der Waals surface area contributed by atoms with Crippen molar-refractivity contribution in [2.45, 2.75) is 12.6 Å². The molecule has 10 heteroatoms. The number of nitrogens with zero attached hydrogens (tertiary/aromatic N) is 5. The van der Waals surface area contributed by atoms with E-state index in [1.54, 1.807) is 26.5 Å². The lowest BCUT2D eigenvalue weighted by Gasteiger charge is -2.38. The van der Waals surface area contributed by atoms with Crippen LogP contribution in [0.5, 0.6) is 5.75 Å². The summed E-state index contributed by atoms with van der Waals surface area (Å²) in [5.41, 5.74) is 4.02. The van der Waals surface area contributed by atoms with Crippen LogP contribution < -0.4 is 15.0 Å². The molecule has 0 saturated carbocycles. The van der Waals surface area contributed by atoms with Gasteiger partial charge in [0.05, 0.1) is 36.4 Å². The van der Waals surface area contributed by atoms with Gasteiger partial charge < -0.3 is 24.7 Å². The molecule has 0 radical (unpaired) electrons. The van der Waals surface area contributed by atoms with Crippen molar-refractivity contribution in [2.75, 3.05) is 37.5 Å². The van der Waals surface area contributed by atoms with Gasteiger partial charge in [-0.3, -0.25) is 9.48 Å². The fourth-order valence-corrected chi connectivity index (χ4v) is 4.44. The molecule has 2 N–H and O–H groups in total. The van der Waals surface area contributed by atoms with Crippen molar-refractivity contribution in [1.82, 2.24) is 24.7 Å². The van der Waals surface area contributed by atoms with E-state index in [1.165, 1.54) is 0 Å². The summed E-state index contributed by atoms with van der Waals surface area (Å²) in [6.45, 7) is 2.08. The van der Waals surface area contributed by atoms with Crippen molar-refractivity contribution >= 4 is 28.6 Å². The smallest absolute Gasteiger partial charge is 0.258 e. The Balaban J connectivity index is 1.25. The molecule has 4 heterocycles. The molecule has 10 nitrogen and oxygen atoms in total. The van der Waals surface area contributed by atoms with Gasteiger partial charge in [-0.1, -0.05) is 24.3 Å². The lowest BCUT2D eigenvalue weighted by atomic mass is 10.1. The highest BCUT2D eigenvalue weighted by atomic mass is 16.5. The van der Waals surface area contributed by atoms with Gasteiger partial charge in [-0.25, -0.2) is 9.97 Å². The molecule has 192 valence electrons. The Hall–Kier alpha value is -4.70. The molecule has 38 heavy (non-hydrogen) atoms. The average Bonchev–Trinajstić information content (AvgIpc) is 3.52. The zero-order chi connectivity index (χ0) is 26.1. The molecule has 3 aromatic heterocycles. The molecule has 2 aromatic carbocycles. The minimum atomic E-state index is -0.285. The molecule has 0 aliphatic carbocycles. The lowest BCUT2D eigenvalue weighted by molar-refractivity contribution is 0.0783. The molecule has 0 atom stereocenters. The lowest BCUT2D eigenvalue weighted by Crippen LogP contribution is -2.52. The molecular formula is C28H27N7O3. The van der Waals surface area contributed by atoms with Gasteiger partial charge >= 0.3 is 0 Å². The van der Waals surface area contributed by atoms with Crippen LogP contribution in [0.2, 0.25) is 0 Å². The van der Waals surface area contributed by atoms with E-state index in [0.29, 0.717) is 23.8 Å². The van der Waals surface area contributed by atoms with E-state index >= 15 is 0 Å². The first-order valence-electron chi connectivity index (χ1n) is 12.3. The van der Waals surface area contributed by atoms with Crippen LogP contribution in [-0.2, 0) is 11.3 Å². The predicted octanol–water partition coefficient (Wildman–Crippen LogP) is 3.97. The third-order valence-electron chi connectivity index (χ3n) is 6.66. The van der Waals surface area contributed by atoms with Crippen LogP contribution in [0.15, 0.2) is 72.9 Å². The topological polar surface area (TPSA) is 110 Å². The van der Waals surface area contributed by atoms with Crippen molar-refractivity contribution in [2.24, 2.45) is 0 Å². The molecule has 1 aliphatic heterocycles. The Morgan fingerprint density at radius 2 is 1.89 bits per heavy atom. The van der Waals surface area contributed by atoms with E-state index in [4.69, 9.17) is 19.6 Å². The maximum atomic E-state index is 13.0. The number of hydrogen-bond acceptors (Lipinski definition) is 7. The summed E-state index contributed by atoms with van der Waals surface area (Å²) in [6, 6.07) is 21.1. The minimum absolute atomic E-state index is 0.230. The number of H-pyrrole nitrogens is 1. The monoisotopic (exact) mass is 509 g/mol. The van der Waals surface area contributed by atoms with Gasteiger partial charge in [-0.2, -0.15) is 5.10 Å². The summed E-state index contributed by atoms with van der Waals surface area (Å²) in [5, 5.41) is 7.61. The number of imidazole rings is 1. The second-order valence-electron chi connectivity index (χ2n) is 9.14. The number of aromatic nitrogens is 5. The third kappa shape index (κ3) is 4.69. The molecule has 5 aromatic rings. The van der Waals surface area contributed by atoms with Crippen LogP contribution in [0.1, 0.15) is 15.9 Å². The third-order valence-corrected chi connectivity index (χ3v) is 6.66. The number of anilines is 2. The van der Waals surface area contributed by atoms with Crippen molar-refractivity contribution in [3.05, 3.63) is 84.1 Å². The van der Waals surface area contributed by atoms with Crippen LogP contribution in [0.4, 0.5) is 11.6 Å². The van der Waals surface area contributed by atoms with Gasteiger partial charge in [0.2, 0.25) is 0 Å². The molecule has 6 rings (SSSR count). The highest BCUT2D eigenvalue weighted by Crippen LogP contribution is 2.25. The summed E-state index contributed by atoms with van der Waals surface area (Å²) >= 11 is 0. The van der Waals surface area contributed by atoms with Gasteiger partial charge in [-0.15, -0.1) is 0 Å². The number of para-hydroxylation sites is 2. The van der Waals surface area contributed by atoms with E-state index in [2.05, 4.69) is 20.2 Å². The standard InChI is InChI=1S/C28H27N7O3/c1-37-20-10-7-18(8-11-20)15-35-24(27-30-22-5-3-4-6-23(22)31-27)13-25(33-35)32-28(36)19-9-12-26(29-14-19)34-16-21(17-34)38-2/h3-14,21H,15-17H2,1-2H3,(H,30,31)(H,32,33,36). The molecule has 0 bridgehead atoms. The van der Waals surface area contributed by atoms with Crippen molar-refractivity contribution in [3.63, 3.8) is 0 Å². The molecular weight excluding hydrogens is 482 g/mol. The summed E-state index contributed by atoms with van der Waals surface area (Å²) in [4.78, 5) is 27.7. The van der Waals surface area contributed by atoms with E-state index < -0.39 is 0 Å². The molecule has 1 fully saturated rings. The number of carbonyl (C=O) groups is 1. The average molecular weight is 510 g/mol. The Kier molecular flexibility index (Phi) is 6.22. The largest absolute Gasteiger partial charge is 0.497 e. The number of benzene rings is 2. The Labute approximate surface area is 219 Å². The Morgan fingerprint density at radius 1 is 1.08 bits per heavy atom. The van der Waals surface area contributed by atoms with Gasteiger partial charge in [0.1, 0.15) is 17.3 Å². The molecule has 1 aliphatic rings. The Bertz CT molecular complexity index is 1540. The first kappa shape index (κ1) is 23.7. The maximum Gasteiger partial charge on any atom is 0.258 e. The SMILES string of the molecule is COc1ccc(Cn2nc(NC(=O)c3ccc(N4CC(OC)C4)nc3)cc2-c2nc3ccccc3[nH]2)cc1. The Morgan fingerprint density at radius 3 is 2.61 bits per heavy atom. The van der Waals surface area contributed by atoms with Crippen LogP contribution in [0.3, 0.4) is 0 Å². The number of carbonyl (C=O) groups excluding carboxylic acids is 1. The zero-order valence-corrected chi connectivity index (χ0v) is 21.1. The van der Waals surface area contributed by atoms with E-state index in [-0.39, 0.29) is 12.0 Å². The normalized spacial score (nSPS) is 13.5. The highest BCUT2D eigenvalue weighted by Gasteiger charge is 2.27. The quantitative estimate of drug-likeness (QED) is 0.326. The first-order valence-corrected chi connectivity index (χ1v) is 12.3. The van der Waals surface area contributed by atoms with Crippen molar-refractivity contribution in [3.8, 4) is 17.3 Å². The molecule has 0 unspecified atom stereocenters. The van der Waals surface area contributed by atoms with Gasteiger partial charge in [0.25, 0.3) is 5.91 Å². The fourth-order valence-electron chi connectivity index (χ4n) is 4.44. The van der Waals surface area contributed by atoms with Crippen LogP contribution >= 0.6 is 0 Å². The summed E-state index contributed by atoms with van der Waals surface area (Å²) in [5.74, 6) is 2.42. The van der Waals surface area contributed by atoms with Gasteiger partial charge in [0.15, 0.2) is 11.6 Å². The van der Waals surface area contributed by atoms with Gasteiger partial charge in [0, 0.05) is 32.5 Å². The second-order valence-corrected chi connectivity index (χ2v) is 9.14. The summed E-state index contributed by atoms with van der Waals surface area (Å²) in [7, 11) is 3.35. The number of nitrogens with one attached hydrogen (secondary N) is 2. The van der Waals surface area contributed by atoms with E-state index in [1.807, 2.05) is 65.3 Å². The number of hydrogen-bond donors (Lipinski definition) is 2. The van der Waals surface area contributed by atoms with Crippen LogP contribution in [0.25, 0.3) is 22.6 Å². The summed E-state index contributed by atoms with van der Waals surface area (Å²) < 4.78 is 12.4. The van der Waals surface area contributed by atoms with Crippen molar-refractivity contribution in [1.29, 1.82) is 0 Å². The van der Waals surface area contributed by atoms with E-state index in [0.717, 1.165) is 46.9 Å².